The van der Waals surface area contributed by atoms with Crippen molar-refractivity contribution in [1.82, 2.24) is 10.6 Å². The van der Waals surface area contributed by atoms with Crippen molar-refractivity contribution in [1.29, 1.82) is 0 Å². The maximum absolute atomic E-state index is 12.9. The Kier molecular flexibility index (Phi) is 7.20. The van der Waals surface area contributed by atoms with Crippen molar-refractivity contribution in [3.05, 3.63) is 71.8 Å². The summed E-state index contributed by atoms with van der Waals surface area (Å²) in [7, 11) is 0. The molecule has 3 rings (SSSR count). The molecule has 0 saturated heterocycles. The Morgan fingerprint density at radius 3 is 2.25 bits per heavy atom. The number of nitrogens with two attached hydrogens (primary N) is 1. The summed E-state index contributed by atoms with van der Waals surface area (Å²) in [6.45, 7) is 0.956. The van der Waals surface area contributed by atoms with Crippen molar-refractivity contribution >= 4 is 11.8 Å². The molecule has 3 atom stereocenters. The lowest BCUT2D eigenvalue weighted by atomic mass is 9.94. The maximum Gasteiger partial charge on any atom is 0.243 e. The number of benzene rings is 2. The molecule has 0 radical (unpaired) electrons. The minimum atomic E-state index is -0.599. The summed E-state index contributed by atoms with van der Waals surface area (Å²) >= 11 is 0. The van der Waals surface area contributed by atoms with E-state index in [2.05, 4.69) is 10.6 Å². The second-order valence-electron chi connectivity index (χ2n) is 7.49. The van der Waals surface area contributed by atoms with Gasteiger partial charge in [0.25, 0.3) is 0 Å². The zero-order chi connectivity index (χ0) is 19.8. The average Bonchev–Trinajstić information content (AvgIpc) is 3.22. The van der Waals surface area contributed by atoms with Gasteiger partial charge in [-0.25, -0.2) is 0 Å². The largest absolute Gasteiger partial charge is 0.350 e. The summed E-state index contributed by atoms with van der Waals surface area (Å²) in [6, 6.07) is 18.9. The second-order valence-corrected chi connectivity index (χ2v) is 7.49. The van der Waals surface area contributed by atoms with E-state index in [9.17, 15) is 9.59 Å². The zero-order valence-corrected chi connectivity index (χ0v) is 16.1. The molecule has 1 aliphatic carbocycles. The van der Waals surface area contributed by atoms with Crippen LogP contribution in [0.15, 0.2) is 60.7 Å². The third-order valence-electron chi connectivity index (χ3n) is 5.52. The summed E-state index contributed by atoms with van der Waals surface area (Å²) in [5.41, 5.74) is 7.87. The zero-order valence-electron chi connectivity index (χ0n) is 16.1. The van der Waals surface area contributed by atoms with Crippen molar-refractivity contribution < 1.29 is 9.59 Å². The first kappa shape index (κ1) is 20.1. The standard InChI is InChI=1S/C23H29N3O2/c24-15-19-12-7-13-20(19)22(27)26-21(14-17-8-3-1-4-9-17)23(28)25-16-18-10-5-2-6-11-18/h1-6,8-11,19-21H,7,12-16,24H2,(H,25,28)(H,26,27)/t19-,20-,21?/m1/s1. The predicted octanol–water partition coefficient (Wildman–Crippen LogP) is 2.41. The molecule has 0 spiro atoms. The van der Waals surface area contributed by atoms with E-state index in [4.69, 9.17) is 5.73 Å². The number of nitrogens with one attached hydrogen (secondary N) is 2. The van der Waals surface area contributed by atoms with Crippen LogP contribution >= 0.6 is 0 Å². The number of carbonyl (C=O) groups excluding carboxylic acids is 2. The molecule has 0 aliphatic heterocycles. The van der Waals surface area contributed by atoms with Crippen molar-refractivity contribution in [3.63, 3.8) is 0 Å². The molecule has 2 amide bonds. The SMILES string of the molecule is NC[C@H]1CCC[C@H]1C(=O)NC(Cc1ccccc1)C(=O)NCc1ccccc1. The molecule has 1 unspecified atom stereocenters. The lowest BCUT2D eigenvalue weighted by Gasteiger charge is -2.23. The van der Waals surface area contributed by atoms with E-state index >= 15 is 0 Å². The number of carbonyl (C=O) groups is 2. The van der Waals surface area contributed by atoms with Crippen LogP contribution in [-0.2, 0) is 22.6 Å². The molecule has 0 heterocycles. The van der Waals surface area contributed by atoms with Gasteiger partial charge in [0.05, 0.1) is 0 Å². The molecule has 0 aromatic heterocycles. The Morgan fingerprint density at radius 2 is 1.61 bits per heavy atom. The summed E-state index contributed by atoms with van der Waals surface area (Å²) < 4.78 is 0. The van der Waals surface area contributed by atoms with Gasteiger partial charge in [0, 0.05) is 18.9 Å². The van der Waals surface area contributed by atoms with Crippen LogP contribution in [0.3, 0.4) is 0 Å². The quantitative estimate of drug-likeness (QED) is 0.658. The van der Waals surface area contributed by atoms with Crippen LogP contribution in [0, 0.1) is 11.8 Å². The molecule has 0 bridgehead atoms. The minimum Gasteiger partial charge on any atom is -0.350 e. The molecule has 148 valence electrons. The fourth-order valence-electron chi connectivity index (χ4n) is 3.91. The number of amides is 2. The third kappa shape index (κ3) is 5.42. The Bertz CT molecular complexity index is 764. The van der Waals surface area contributed by atoms with Crippen LogP contribution in [0.25, 0.3) is 0 Å². The van der Waals surface area contributed by atoms with Gasteiger partial charge in [-0.1, -0.05) is 67.1 Å². The predicted molar refractivity (Wildman–Crippen MR) is 110 cm³/mol. The lowest BCUT2D eigenvalue weighted by Crippen LogP contribution is -2.50. The smallest absolute Gasteiger partial charge is 0.243 e. The van der Waals surface area contributed by atoms with Gasteiger partial charge < -0.3 is 16.4 Å². The van der Waals surface area contributed by atoms with Crippen molar-refractivity contribution in [2.45, 2.75) is 38.3 Å². The third-order valence-corrected chi connectivity index (χ3v) is 5.52. The van der Waals surface area contributed by atoms with E-state index in [1.165, 1.54) is 0 Å². The van der Waals surface area contributed by atoms with Crippen molar-refractivity contribution in [2.75, 3.05) is 6.54 Å². The van der Waals surface area contributed by atoms with Crippen LogP contribution in [0.4, 0.5) is 0 Å². The molecular formula is C23H29N3O2. The van der Waals surface area contributed by atoms with Gasteiger partial charge in [0.2, 0.25) is 11.8 Å². The molecule has 4 N–H and O–H groups in total. The Labute approximate surface area is 166 Å². The van der Waals surface area contributed by atoms with E-state index in [0.717, 1.165) is 30.4 Å². The van der Waals surface area contributed by atoms with E-state index in [-0.39, 0.29) is 23.7 Å². The minimum absolute atomic E-state index is 0.0521. The fourth-order valence-corrected chi connectivity index (χ4v) is 3.91. The normalized spacial score (nSPS) is 19.8. The molecule has 5 heteroatoms. The summed E-state index contributed by atoms with van der Waals surface area (Å²) in [4.78, 5) is 25.7. The second kappa shape index (κ2) is 10.0. The van der Waals surface area contributed by atoms with E-state index in [0.29, 0.717) is 19.5 Å². The first-order chi connectivity index (χ1) is 13.7. The molecule has 1 fully saturated rings. The number of hydrogen-bond acceptors (Lipinski definition) is 3. The van der Waals surface area contributed by atoms with Gasteiger partial charge in [-0.2, -0.15) is 0 Å². The molecule has 2 aromatic rings. The van der Waals surface area contributed by atoms with Gasteiger partial charge in [0.15, 0.2) is 0 Å². The average molecular weight is 380 g/mol. The van der Waals surface area contributed by atoms with Gasteiger partial charge in [0.1, 0.15) is 6.04 Å². The highest BCUT2D eigenvalue weighted by Crippen LogP contribution is 2.31. The van der Waals surface area contributed by atoms with Crippen LogP contribution < -0.4 is 16.4 Å². The number of hydrogen-bond donors (Lipinski definition) is 3. The van der Waals surface area contributed by atoms with E-state index in [1.807, 2.05) is 60.7 Å². The molecule has 5 nitrogen and oxygen atoms in total. The molecule has 28 heavy (non-hydrogen) atoms. The highest BCUT2D eigenvalue weighted by Gasteiger charge is 2.34. The first-order valence-corrected chi connectivity index (χ1v) is 10.0. The maximum atomic E-state index is 12.9. The molecular weight excluding hydrogens is 350 g/mol. The number of rotatable bonds is 8. The van der Waals surface area contributed by atoms with E-state index in [1.54, 1.807) is 0 Å². The Balaban J connectivity index is 1.67. The highest BCUT2D eigenvalue weighted by atomic mass is 16.2. The Morgan fingerprint density at radius 1 is 0.964 bits per heavy atom. The van der Waals surface area contributed by atoms with Gasteiger partial charge >= 0.3 is 0 Å². The van der Waals surface area contributed by atoms with Crippen molar-refractivity contribution in [3.8, 4) is 0 Å². The van der Waals surface area contributed by atoms with Crippen LogP contribution in [-0.4, -0.2) is 24.4 Å². The Hall–Kier alpha value is -2.66. The highest BCUT2D eigenvalue weighted by molar-refractivity contribution is 5.89. The van der Waals surface area contributed by atoms with Crippen LogP contribution in [0.5, 0.6) is 0 Å². The summed E-state index contributed by atoms with van der Waals surface area (Å²) in [5.74, 6) is -0.0953. The van der Waals surface area contributed by atoms with Crippen molar-refractivity contribution in [2.24, 2.45) is 17.6 Å². The van der Waals surface area contributed by atoms with Gasteiger partial charge in [-0.15, -0.1) is 0 Å². The fraction of sp³-hybridized carbons (Fsp3) is 0.391. The summed E-state index contributed by atoms with van der Waals surface area (Å²) in [6.07, 6.45) is 3.31. The topological polar surface area (TPSA) is 84.2 Å². The van der Waals surface area contributed by atoms with Gasteiger partial charge in [-0.3, -0.25) is 9.59 Å². The molecule has 1 aliphatic rings. The van der Waals surface area contributed by atoms with Crippen LogP contribution in [0.1, 0.15) is 30.4 Å². The van der Waals surface area contributed by atoms with Crippen LogP contribution in [0.2, 0.25) is 0 Å². The summed E-state index contributed by atoms with van der Waals surface area (Å²) in [5, 5.41) is 5.96. The first-order valence-electron chi connectivity index (χ1n) is 10.0. The monoisotopic (exact) mass is 379 g/mol. The lowest BCUT2D eigenvalue weighted by molar-refractivity contribution is -0.131. The molecule has 1 saturated carbocycles. The molecule has 2 aromatic carbocycles. The van der Waals surface area contributed by atoms with E-state index < -0.39 is 6.04 Å². The van der Waals surface area contributed by atoms with Gasteiger partial charge in [-0.05, 0) is 36.4 Å².